The molecule has 1 atom stereocenters. The Morgan fingerprint density at radius 1 is 1.24 bits per heavy atom. The number of amides is 1. The molecule has 0 aliphatic heterocycles. The van der Waals surface area contributed by atoms with Crippen LogP contribution in [0, 0.1) is 5.92 Å². The van der Waals surface area contributed by atoms with E-state index in [0.29, 0.717) is 25.5 Å². The SMILES string of the molecule is COc1ccc(OCCNC(=O)[C@@H](N)CC(C)C)cc1.Cl. The number of rotatable bonds is 8. The molecule has 0 bridgehead atoms. The highest BCUT2D eigenvalue weighted by Crippen LogP contribution is 2.16. The first-order valence-electron chi connectivity index (χ1n) is 6.83. The zero-order chi connectivity index (χ0) is 15.0. The average Bonchev–Trinajstić information content (AvgIpc) is 2.43. The monoisotopic (exact) mass is 316 g/mol. The quantitative estimate of drug-likeness (QED) is 0.719. The third kappa shape index (κ3) is 7.78. The number of nitrogens with one attached hydrogen (secondary N) is 1. The maximum atomic E-state index is 11.7. The van der Waals surface area contributed by atoms with Crippen molar-refractivity contribution < 1.29 is 14.3 Å². The highest BCUT2D eigenvalue weighted by Gasteiger charge is 2.13. The highest BCUT2D eigenvalue weighted by atomic mass is 35.5. The average molecular weight is 317 g/mol. The van der Waals surface area contributed by atoms with Crippen LogP contribution in [0.4, 0.5) is 0 Å². The molecule has 0 heterocycles. The third-order valence-corrected chi connectivity index (χ3v) is 2.79. The van der Waals surface area contributed by atoms with E-state index in [1.807, 2.05) is 38.1 Å². The molecule has 1 aromatic carbocycles. The van der Waals surface area contributed by atoms with Gasteiger partial charge in [-0.15, -0.1) is 12.4 Å². The molecule has 5 nitrogen and oxygen atoms in total. The zero-order valence-corrected chi connectivity index (χ0v) is 13.6. The minimum Gasteiger partial charge on any atom is -0.497 e. The van der Waals surface area contributed by atoms with E-state index in [-0.39, 0.29) is 18.3 Å². The Balaban J connectivity index is 0.00000400. The van der Waals surface area contributed by atoms with Gasteiger partial charge in [0.1, 0.15) is 18.1 Å². The molecule has 3 N–H and O–H groups in total. The van der Waals surface area contributed by atoms with Crippen molar-refractivity contribution in [3.05, 3.63) is 24.3 Å². The van der Waals surface area contributed by atoms with E-state index in [9.17, 15) is 4.79 Å². The molecule has 0 fully saturated rings. The van der Waals surface area contributed by atoms with Crippen molar-refractivity contribution in [2.75, 3.05) is 20.3 Å². The van der Waals surface area contributed by atoms with E-state index in [2.05, 4.69) is 5.32 Å². The van der Waals surface area contributed by atoms with Gasteiger partial charge in [-0.1, -0.05) is 13.8 Å². The summed E-state index contributed by atoms with van der Waals surface area (Å²) in [7, 11) is 1.62. The van der Waals surface area contributed by atoms with Crippen LogP contribution in [-0.2, 0) is 4.79 Å². The Hall–Kier alpha value is -1.46. The maximum Gasteiger partial charge on any atom is 0.237 e. The first-order valence-corrected chi connectivity index (χ1v) is 6.83. The maximum absolute atomic E-state index is 11.7. The summed E-state index contributed by atoms with van der Waals surface area (Å²) in [6.07, 6.45) is 0.686. The van der Waals surface area contributed by atoms with Crippen molar-refractivity contribution in [1.82, 2.24) is 5.32 Å². The number of hydrogen-bond acceptors (Lipinski definition) is 4. The van der Waals surface area contributed by atoms with Crippen LogP contribution >= 0.6 is 12.4 Å². The first-order chi connectivity index (χ1) is 9.52. The van der Waals surface area contributed by atoms with E-state index in [0.717, 1.165) is 11.5 Å². The molecule has 21 heavy (non-hydrogen) atoms. The van der Waals surface area contributed by atoms with Gasteiger partial charge in [-0.2, -0.15) is 0 Å². The van der Waals surface area contributed by atoms with Crippen molar-refractivity contribution in [2.24, 2.45) is 11.7 Å². The second-order valence-electron chi connectivity index (χ2n) is 5.05. The van der Waals surface area contributed by atoms with Crippen molar-refractivity contribution in [3.8, 4) is 11.5 Å². The van der Waals surface area contributed by atoms with Crippen molar-refractivity contribution >= 4 is 18.3 Å². The fourth-order valence-electron chi connectivity index (χ4n) is 1.76. The van der Waals surface area contributed by atoms with Gasteiger partial charge < -0.3 is 20.5 Å². The second-order valence-corrected chi connectivity index (χ2v) is 5.05. The fourth-order valence-corrected chi connectivity index (χ4v) is 1.76. The molecule has 0 spiro atoms. The number of carbonyl (C=O) groups is 1. The van der Waals surface area contributed by atoms with Crippen LogP contribution in [0.3, 0.4) is 0 Å². The van der Waals surface area contributed by atoms with Gasteiger partial charge in [-0.05, 0) is 36.6 Å². The predicted molar refractivity (Wildman–Crippen MR) is 86.2 cm³/mol. The van der Waals surface area contributed by atoms with Gasteiger partial charge >= 0.3 is 0 Å². The zero-order valence-electron chi connectivity index (χ0n) is 12.8. The predicted octanol–water partition coefficient (Wildman–Crippen LogP) is 1.99. The minimum atomic E-state index is -0.448. The summed E-state index contributed by atoms with van der Waals surface area (Å²) < 4.78 is 10.6. The van der Waals surface area contributed by atoms with E-state index in [1.165, 1.54) is 0 Å². The Morgan fingerprint density at radius 3 is 2.33 bits per heavy atom. The molecule has 0 aliphatic carbocycles. The summed E-state index contributed by atoms with van der Waals surface area (Å²) >= 11 is 0. The lowest BCUT2D eigenvalue weighted by molar-refractivity contribution is -0.122. The van der Waals surface area contributed by atoms with Gasteiger partial charge in [0.2, 0.25) is 5.91 Å². The lowest BCUT2D eigenvalue weighted by Gasteiger charge is -2.14. The summed E-state index contributed by atoms with van der Waals surface area (Å²) in [5, 5.41) is 2.77. The lowest BCUT2D eigenvalue weighted by atomic mass is 10.0. The van der Waals surface area contributed by atoms with E-state index < -0.39 is 6.04 Å². The molecule has 0 aromatic heterocycles. The largest absolute Gasteiger partial charge is 0.497 e. The molecule has 1 amide bonds. The van der Waals surface area contributed by atoms with Gasteiger partial charge in [-0.25, -0.2) is 0 Å². The fraction of sp³-hybridized carbons (Fsp3) is 0.533. The summed E-state index contributed by atoms with van der Waals surface area (Å²) in [4.78, 5) is 11.7. The van der Waals surface area contributed by atoms with Crippen LogP contribution in [0.25, 0.3) is 0 Å². The Labute approximate surface area is 132 Å². The molecular formula is C15H25ClN2O3. The van der Waals surface area contributed by atoms with Crippen LogP contribution in [0.5, 0.6) is 11.5 Å². The van der Waals surface area contributed by atoms with Gasteiger partial charge in [0.05, 0.1) is 19.7 Å². The van der Waals surface area contributed by atoms with E-state index in [4.69, 9.17) is 15.2 Å². The van der Waals surface area contributed by atoms with Gasteiger partial charge in [0, 0.05) is 0 Å². The number of halogens is 1. The Bertz CT molecular complexity index is 410. The number of ether oxygens (including phenoxy) is 2. The van der Waals surface area contributed by atoms with Crippen LogP contribution in [-0.4, -0.2) is 32.2 Å². The molecule has 0 saturated heterocycles. The number of methoxy groups -OCH3 is 1. The molecule has 120 valence electrons. The van der Waals surface area contributed by atoms with Crippen LogP contribution in [0.2, 0.25) is 0 Å². The summed E-state index contributed by atoms with van der Waals surface area (Å²) in [6, 6.07) is 6.85. The van der Waals surface area contributed by atoms with Crippen LogP contribution in [0.15, 0.2) is 24.3 Å². The van der Waals surface area contributed by atoms with Crippen molar-refractivity contribution in [2.45, 2.75) is 26.3 Å². The molecule has 0 saturated carbocycles. The molecule has 0 radical (unpaired) electrons. The minimum absolute atomic E-state index is 0. The first kappa shape index (κ1) is 19.5. The van der Waals surface area contributed by atoms with Gasteiger partial charge in [-0.3, -0.25) is 4.79 Å². The number of nitrogens with two attached hydrogens (primary N) is 1. The summed E-state index contributed by atoms with van der Waals surface area (Å²) in [6.45, 7) is 4.93. The highest BCUT2D eigenvalue weighted by molar-refractivity contribution is 5.85. The van der Waals surface area contributed by atoms with Crippen LogP contribution < -0.4 is 20.5 Å². The molecule has 6 heteroatoms. The summed E-state index contributed by atoms with van der Waals surface area (Å²) in [5.41, 5.74) is 5.78. The van der Waals surface area contributed by atoms with Gasteiger partial charge in [0.15, 0.2) is 0 Å². The van der Waals surface area contributed by atoms with Crippen molar-refractivity contribution in [3.63, 3.8) is 0 Å². The molecular weight excluding hydrogens is 292 g/mol. The topological polar surface area (TPSA) is 73.6 Å². The van der Waals surface area contributed by atoms with E-state index in [1.54, 1.807) is 7.11 Å². The van der Waals surface area contributed by atoms with Crippen LogP contribution in [0.1, 0.15) is 20.3 Å². The standard InChI is InChI=1S/C15H24N2O3.ClH/c1-11(2)10-14(16)15(18)17-8-9-20-13-6-4-12(19-3)5-7-13;/h4-7,11,14H,8-10,16H2,1-3H3,(H,17,18);1H/t14-;/m0./s1. The molecule has 1 rings (SSSR count). The van der Waals surface area contributed by atoms with Crippen molar-refractivity contribution in [1.29, 1.82) is 0 Å². The molecule has 1 aromatic rings. The molecule has 0 unspecified atom stereocenters. The van der Waals surface area contributed by atoms with E-state index >= 15 is 0 Å². The number of benzene rings is 1. The number of carbonyl (C=O) groups excluding carboxylic acids is 1. The second kappa shape index (κ2) is 10.3. The number of hydrogen-bond donors (Lipinski definition) is 2. The lowest BCUT2D eigenvalue weighted by Crippen LogP contribution is -2.42. The Morgan fingerprint density at radius 2 is 1.81 bits per heavy atom. The normalized spacial score (nSPS) is 11.5. The van der Waals surface area contributed by atoms with Gasteiger partial charge in [0.25, 0.3) is 0 Å². The smallest absolute Gasteiger partial charge is 0.237 e. The summed E-state index contributed by atoms with van der Waals surface area (Å²) in [5.74, 6) is 1.81. The Kier molecular flexibility index (Phi) is 9.58. The third-order valence-electron chi connectivity index (χ3n) is 2.79. The molecule has 0 aliphatic rings.